The molecule has 2 rings (SSSR count). The molecule has 0 amide bonds. The highest BCUT2D eigenvalue weighted by molar-refractivity contribution is 5.88. The van der Waals surface area contributed by atoms with Gasteiger partial charge in [0.15, 0.2) is 0 Å². The number of esters is 1. The molecule has 0 bridgehead atoms. The van der Waals surface area contributed by atoms with Crippen LogP contribution in [-0.4, -0.2) is 5.97 Å². The van der Waals surface area contributed by atoms with Gasteiger partial charge in [-0.1, -0.05) is 6.08 Å². The van der Waals surface area contributed by atoms with Crippen LogP contribution in [0.15, 0.2) is 43.2 Å². The summed E-state index contributed by atoms with van der Waals surface area (Å²) in [4.78, 5) is 11.7. The second-order valence-corrected chi connectivity index (χ2v) is 3.83. The number of halogens is 2. The van der Waals surface area contributed by atoms with E-state index in [9.17, 15) is 13.6 Å². The Morgan fingerprint density at radius 1 is 1.29 bits per heavy atom. The van der Waals surface area contributed by atoms with Gasteiger partial charge in [0.1, 0.15) is 17.0 Å². The molecule has 0 saturated heterocycles. The van der Waals surface area contributed by atoms with Crippen molar-refractivity contribution >= 4 is 5.97 Å². The Hall–Kier alpha value is -1.97. The number of benzene rings is 1. The number of carbonyl (C=O) groups excluding carboxylic acids is 1. The summed E-state index contributed by atoms with van der Waals surface area (Å²) in [5.41, 5.74) is -0.932. The lowest BCUT2D eigenvalue weighted by atomic mass is 9.78. The van der Waals surface area contributed by atoms with E-state index in [2.05, 4.69) is 6.58 Å². The van der Waals surface area contributed by atoms with Crippen LogP contribution in [0, 0.1) is 11.6 Å². The van der Waals surface area contributed by atoms with Crippen LogP contribution in [0.25, 0.3) is 0 Å². The first-order valence-corrected chi connectivity index (χ1v) is 5.05. The zero-order valence-corrected chi connectivity index (χ0v) is 8.95. The van der Waals surface area contributed by atoms with Gasteiger partial charge in [-0.05, 0) is 30.2 Å². The molecule has 0 radical (unpaired) electrons. The molecule has 0 aliphatic carbocycles. The molecule has 4 heteroatoms. The minimum Gasteiger partial charge on any atom is -0.434 e. The van der Waals surface area contributed by atoms with Crippen molar-refractivity contribution in [2.24, 2.45) is 0 Å². The molecule has 2 nitrogen and oxygen atoms in total. The van der Waals surface area contributed by atoms with Crippen molar-refractivity contribution < 1.29 is 18.3 Å². The Bertz CT molecular complexity index is 488. The lowest BCUT2D eigenvalue weighted by Gasteiger charge is -2.22. The van der Waals surface area contributed by atoms with Gasteiger partial charge >= 0.3 is 5.97 Å². The smallest absolute Gasteiger partial charge is 0.325 e. The van der Waals surface area contributed by atoms with E-state index < -0.39 is 23.0 Å². The molecule has 0 aromatic heterocycles. The van der Waals surface area contributed by atoms with Crippen LogP contribution < -0.4 is 0 Å². The van der Waals surface area contributed by atoms with E-state index in [1.165, 1.54) is 18.4 Å². The molecule has 17 heavy (non-hydrogen) atoms. The zero-order valence-electron chi connectivity index (χ0n) is 8.95. The fraction of sp³-hybridized carbons (Fsp3) is 0.154. The highest BCUT2D eigenvalue weighted by Crippen LogP contribution is 2.36. The van der Waals surface area contributed by atoms with Crippen molar-refractivity contribution in [3.63, 3.8) is 0 Å². The van der Waals surface area contributed by atoms with Crippen LogP contribution in [0.3, 0.4) is 0 Å². The number of hydrogen-bond acceptors (Lipinski definition) is 2. The van der Waals surface area contributed by atoms with Crippen LogP contribution in [0.5, 0.6) is 0 Å². The second-order valence-electron chi connectivity index (χ2n) is 3.83. The molecule has 1 unspecified atom stereocenters. The molecular weight excluding hydrogens is 226 g/mol. The van der Waals surface area contributed by atoms with E-state index in [-0.39, 0.29) is 12.0 Å². The molecule has 0 fully saturated rings. The summed E-state index contributed by atoms with van der Waals surface area (Å²) in [5, 5.41) is 0. The summed E-state index contributed by atoms with van der Waals surface area (Å²) in [5.74, 6) is -2.00. The summed E-state index contributed by atoms with van der Waals surface area (Å²) in [6.45, 7) is 3.54. The van der Waals surface area contributed by atoms with Gasteiger partial charge in [0.25, 0.3) is 0 Å². The maximum absolute atomic E-state index is 13.2. The summed E-state index contributed by atoms with van der Waals surface area (Å²) in [7, 11) is 0. The van der Waals surface area contributed by atoms with Crippen LogP contribution >= 0.6 is 0 Å². The van der Waals surface area contributed by atoms with E-state index >= 15 is 0 Å². The van der Waals surface area contributed by atoms with E-state index in [1.807, 2.05) is 0 Å². The van der Waals surface area contributed by atoms with E-state index in [4.69, 9.17) is 4.74 Å². The maximum Gasteiger partial charge on any atom is 0.325 e. The lowest BCUT2D eigenvalue weighted by Crippen LogP contribution is -2.31. The predicted octanol–water partition coefficient (Wildman–Crippen LogP) is 2.85. The van der Waals surface area contributed by atoms with Crippen molar-refractivity contribution in [2.75, 3.05) is 0 Å². The van der Waals surface area contributed by atoms with Crippen molar-refractivity contribution in [3.05, 3.63) is 60.4 Å². The second kappa shape index (κ2) is 4.13. The predicted molar refractivity (Wildman–Crippen MR) is 58.1 cm³/mol. The third-order valence-corrected chi connectivity index (χ3v) is 2.74. The van der Waals surface area contributed by atoms with Crippen LogP contribution in [-0.2, 0) is 14.9 Å². The third-order valence-electron chi connectivity index (χ3n) is 2.74. The van der Waals surface area contributed by atoms with Crippen LogP contribution in [0.1, 0.15) is 12.0 Å². The fourth-order valence-corrected chi connectivity index (χ4v) is 1.91. The minimum atomic E-state index is -1.16. The number of hydrogen-bond donors (Lipinski definition) is 0. The summed E-state index contributed by atoms with van der Waals surface area (Å²) >= 11 is 0. The molecular formula is C13H10F2O2. The first-order valence-electron chi connectivity index (χ1n) is 5.05. The van der Waals surface area contributed by atoms with Gasteiger partial charge in [0.2, 0.25) is 0 Å². The first-order chi connectivity index (χ1) is 8.08. The van der Waals surface area contributed by atoms with Crippen LogP contribution in [0.2, 0.25) is 0 Å². The van der Waals surface area contributed by atoms with Gasteiger partial charge in [-0.3, -0.25) is 4.79 Å². The summed E-state index contributed by atoms with van der Waals surface area (Å²) in [6.07, 6.45) is 4.46. The Labute approximate surface area is 97.2 Å². The van der Waals surface area contributed by atoms with Crippen molar-refractivity contribution in [2.45, 2.75) is 11.8 Å². The third kappa shape index (κ3) is 1.86. The monoisotopic (exact) mass is 236 g/mol. The van der Waals surface area contributed by atoms with Gasteiger partial charge in [-0.25, -0.2) is 8.78 Å². The Morgan fingerprint density at radius 3 is 2.41 bits per heavy atom. The standard InChI is InChI=1S/C13H10F2O2/c1-2-3-13(4-5-17-12(13)16)9-6-10(14)8-11(15)7-9/h2,4-8H,1,3H2. The highest BCUT2D eigenvalue weighted by atomic mass is 19.1. The van der Waals surface area contributed by atoms with Crippen molar-refractivity contribution in [3.8, 4) is 0 Å². The topological polar surface area (TPSA) is 26.3 Å². The largest absolute Gasteiger partial charge is 0.434 e. The Balaban J connectivity index is 2.57. The molecule has 1 aliphatic heterocycles. The maximum atomic E-state index is 13.2. The zero-order chi connectivity index (χ0) is 12.5. The highest BCUT2D eigenvalue weighted by Gasteiger charge is 2.42. The Morgan fingerprint density at radius 2 is 1.94 bits per heavy atom. The molecule has 1 heterocycles. The van der Waals surface area contributed by atoms with E-state index in [0.717, 1.165) is 18.2 Å². The molecule has 1 aliphatic rings. The van der Waals surface area contributed by atoms with Gasteiger partial charge < -0.3 is 4.74 Å². The summed E-state index contributed by atoms with van der Waals surface area (Å²) < 4.78 is 31.1. The quantitative estimate of drug-likeness (QED) is 0.595. The molecule has 1 aromatic carbocycles. The van der Waals surface area contributed by atoms with Gasteiger partial charge in [0, 0.05) is 6.07 Å². The molecule has 0 N–H and O–H groups in total. The van der Waals surface area contributed by atoms with Gasteiger partial charge in [-0.2, -0.15) is 0 Å². The number of allylic oxidation sites excluding steroid dienone is 1. The van der Waals surface area contributed by atoms with Crippen molar-refractivity contribution in [1.29, 1.82) is 0 Å². The Kier molecular flexibility index (Phi) is 2.79. The van der Waals surface area contributed by atoms with Gasteiger partial charge in [-0.15, -0.1) is 6.58 Å². The molecule has 0 saturated carbocycles. The number of cyclic esters (lactones) is 1. The van der Waals surface area contributed by atoms with Crippen LogP contribution in [0.4, 0.5) is 8.78 Å². The van der Waals surface area contributed by atoms with Gasteiger partial charge in [0.05, 0.1) is 6.26 Å². The lowest BCUT2D eigenvalue weighted by molar-refractivity contribution is -0.140. The number of ether oxygens (including phenoxy) is 1. The van der Waals surface area contributed by atoms with E-state index in [0.29, 0.717) is 0 Å². The van der Waals surface area contributed by atoms with Crippen molar-refractivity contribution in [1.82, 2.24) is 0 Å². The molecule has 1 atom stereocenters. The normalized spacial score (nSPS) is 22.6. The van der Waals surface area contributed by atoms with E-state index in [1.54, 1.807) is 0 Å². The molecule has 0 spiro atoms. The number of rotatable bonds is 3. The number of carbonyl (C=O) groups is 1. The first kappa shape index (κ1) is 11.5. The summed E-state index contributed by atoms with van der Waals surface area (Å²) in [6, 6.07) is 3.02. The average Bonchev–Trinajstić information content (AvgIpc) is 2.60. The molecule has 1 aromatic rings. The fourth-order valence-electron chi connectivity index (χ4n) is 1.91. The average molecular weight is 236 g/mol. The SMILES string of the molecule is C=CCC1(c2cc(F)cc(F)c2)C=COC1=O. The molecule has 88 valence electrons. The minimum absolute atomic E-state index is 0.227.